The van der Waals surface area contributed by atoms with Crippen LogP contribution in [0, 0.1) is 0 Å². The van der Waals surface area contributed by atoms with Gasteiger partial charge in [0.25, 0.3) is 5.56 Å². The Hall–Kier alpha value is -2.51. The third kappa shape index (κ3) is 4.00. The quantitative estimate of drug-likeness (QED) is 0.510. The maximum absolute atomic E-state index is 13.2. The Kier molecular flexibility index (Phi) is 5.54. The first-order chi connectivity index (χ1) is 13.6. The third-order valence-corrected chi connectivity index (χ3v) is 6.44. The van der Waals surface area contributed by atoms with Crippen LogP contribution in [0.4, 0.5) is 5.69 Å². The highest BCUT2D eigenvalue weighted by atomic mass is 32.2. The van der Waals surface area contributed by atoms with Crippen molar-refractivity contribution in [2.24, 2.45) is 0 Å². The van der Waals surface area contributed by atoms with Gasteiger partial charge in [-0.15, -0.1) is 11.8 Å². The Balaban J connectivity index is 1.63. The Labute approximate surface area is 171 Å². The molecular formula is C21H19N3O2S2. The number of fused-ring (bicyclic) bond motifs is 1. The number of hydrogen-bond acceptors (Lipinski definition) is 5. The lowest BCUT2D eigenvalue weighted by Gasteiger charge is -2.13. The van der Waals surface area contributed by atoms with E-state index in [2.05, 4.69) is 12.2 Å². The van der Waals surface area contributed by atoms with Gasteiger partial charge in [0.1, 0.15) is 0 Å². The van der Waals surface area contributed by atoms with Gasteiger partial charge in [-0.1, -0.05) is 55.1 Å². The summed E-state index contributed by atoms with van der Waals surface area (Å²) in [6.07, 6.45) is 0.772. The molecule has 1 aliphatic rings. The average molecular weight is 410 g/mol. The summed E-state index contributed by atoms with van der Waals surface area (Å²) in [6.45, 7) is 2.10. The molecule has 1 unspecified atom stereocenters. The van der Waals surface area contributed by atoms with E-state index in [9.17, 15) is 9.59 Å². The number of carbonyl (C=O) groups is 1. The maximum atomic E-state index is 13.2. The van der Waals surface area contributed by atoms with Crippen molar-refractivity contribution in [2.75, 3.05) is 11.1 Å². The second-order valence-electron chi connectivity index (χ2n) is 6.48. The molecule has 0 saturated heterocycles. The van der Waals surface area contributed by atoms with E-state index in [1.807, 2.05) is 60.7 Å². The molecular weight excluding hydrogens is 390 g/mol. The molecule has 1 aromatic heterocycles. The molecule has 2 aromatic carbocycles. The molecule has 0 bridgehead atoms. The van der Waals surface area contributed by atoms with Crippen molar-refractivity contribution in [3.05, 3.63) is 76.7 Å². The molecule has 5 nitrogen and oxygen atoms in total. The van der Waals surface area contributed by atoms with Crippen LogP contribution in [-0.2, 0) is 11.2 Å². The Morgan fingerprint density at radius 1 is 1.18 bits per heavy atom. The van der Waals surface area contributed by atoms with Crippen LogP contribution >= 0.6 is 23.5 Å². The normalized spacial score (nSPS) is 15.2. The Morgan fingerprint density at radius 3 is 2.57 bits per heavy atom. The standard InChI is InChI=1S/C21H19N3O2S2/c1-14-12-17-19(28-14)20(26)24(16-10-6-3-7-11-16)21(23-17)27-13-18(25)22-15-8-4-2-5-9-15/h2-11,14H,12-13H2,1H3,(H,22,25). The van der Waals surface area contributed by atoms with Crippen LogP contribution in [0.5, 0.6) is 0 Å². The van der Waals surface area contributed by atoms with Crippen LogP contribution in [0.2, 0.25) is 0 Å². The molecule has 3 aromatic rings. The molecule has 0 spiro atoms. The van der Waals surface area contributed by atoms with Gasteiger partial charge in [0, 0.05) is 17.4 Å². The Bertz CT molecular complexity index is 1050. The molecule has 1 atom stereocenters. The number of amides is 1. The minimum Gasteiger partial charge on any atom is -0.325 e. The van der Waals surface area contributed by atoms with Gasteiger partial charge in [-0.05, 0) is 24.3 Å². The van der Waals surface area contributed by atoms with E-state index in [0.717, 1.165) is 28.4 Å². The van der Waals surface area contributed by atoms with E-state index in [1.54, 1.807) is 16.3 Å². The largest absolute Gasteiger partial charge is 0.325 e. The number of nitrogens with one attached hydrogen (secondary N) is 1. The second-order valence-corrected chi connectivity index (χ2v) is 8.87. The molecule has 0 radical (unpaired) electrons. The van der Waals surface area contributed by atoms with Gasteiger partial charge in [-0.3, -0.25) is 14.2 Å². The van der Waals surface area contributed by atoms with Crippen molar-refractivity contribution in [3.63, 3.8) is 0 Å². The molecule has 0 fully saturated rings. The number of para-hydroxylation sites is 2. The van der Waals surface area contributed by atoms with Gasteiger partial charge >= 0.3 is 0 Å². The van der Waals surface area contributed by atoms with E-state index < -0.39 is 0 Å². The minimum absolute atomic E-state index is 0.0588. The second kappa shape index (κ2) is 8.24. The zero-order valence-electron chi connectivity index (χ0n) is 15.3. The molecule has 7 heteroatoms. The number of nitrogens with zero attached hydrogens (tertiary/aromatic N) is 2. The van der Waals surface area contributed by atoms with Crippen LogP contribution in [0.3, 0.4) is 0 Å². The zero-order chi connectivity index (χ0) is 19.5. The predicted octanol–water partition coefficient (Wildman–Crippen LogP) is 4.00. The first-order valence-corrected chi connectivity index (χ1v) is 10.8. The third-order valence-electron chi connectivity index (χ3n) is 4.29. The number of anilines is 1. The summed E-state index contributed by atoms with van der Waals surface area (Å²) < 4.78 is 1.62. The number of hydrogen-bond donors (Lipinski definition) is 1. The fraction of sp³-hybridized carbons (Fsp3) is 0.190. The lowest BCUT2D eigenvalue weighted by atomic mass is 10.2. The van der Waals surface area contributed by atoms with Crippen LogP contribution in [0.25, 0.3) is 5.69 Å². The van der Waals surface area contributed by atoms with Gasteiger partial charge in [0.05, 0.1) is 22.0 Å². The Morgan fingerprint density at radius 2 is 1.86 bits per heavy atom. The van der Waals surface area contributed by atoms with Gasteiger partial charge in [-0.25, -0.2) is 4.98 Å². The molecule has 1 aliphatic heterocycles. The highest BCUT2D eigenvalue weighted by Gasteiger charge is 2.27. The number of rotatable bonds is 5. The zero-order valence-corrected chi connectivity index (χ0v) is 16.9. The first-order valence-electron chi connectivity index (χ1n) is 8.97. The van der Waals surface area contributed by atoms with Crippen LogP contribution in [0.15, 0.2) is 75.5 Å². The van der Waals surface area contributed by atoms with E-state index in [1.165, 1.54) is 11.8 Å². The summed E-state index contributed by atoms with van der Waals surface area (Å²) in [5.41, 5.74) is 2.28. The van der Waals surface area contributed by atoms with Crippen molar-refractivity contribution in [1.29, 1.82) is 0 Å². The van der Waals surface area contributed by atoms with E-state index in [0.29, 0.717) is 10.4 Å². The van der Waals surface area contributed by atoms with Crippen LogP contribution < -0.4 is 10.9 Å². The first kappa shape index (κ1) is 18.8. The maximum Gasteiger partial charge on any atom is 0.272 e. The van der Waals surface area contributed by atoms with Gasteiger partial charge in [0.2, 0.25) is 5.91 Å². The molecule has 1 N–H and O–H groups in total. The lowest BCUT2D eigenvalue weighted by Crippen LogP contribution is -2.24. The number of carbonyl (C=O) groups excluding carboxylic acids is 1. The monoisotopic (exact) mass is 409 g/mol. The van der Waals surface area contributed by atoms with E-state index in [-0.39, 0.29) is 17.2 Å². The highest BCUT2D eigenvalue weighted by Crippen LogP contribution is 2.34. The fourth-order valence-electron chi connectivity index (χ4n) is 3.05. The van der Waals surface area contributed by atoms with Gasteiger partial charge < -0.3 is 5.32 Å². The van der Waals surface area contributed by atoms with Crippen molar-refractivity contribution in [3.8, 4) is 5.69 Å². The predicted molar refractivity (Wildman–Crippen MR) is 115 cm³/mol. The smallest absolute Gasteiger partial charge is 0.272 e. The van der Waals surface area contributed by atoms with Crippen molar-refractivity contribution in [1.82, 2.24) is 9.55 Å². The van der Waals surface area contributed by atoms with Crippen molar-refractivity contribution >= 4 is 35.1 Å². The summed E-state index contributed by atoms with van der Waals surface area (Å²) in [5.74, 6) is 0.0450. The summed E-state index contributed by atoms with van der Waals surface area (Å²) in [6, 6.07) is 18.8. The van der Waals surface area contributed by atoms with Gasteiger partial charge in [0.15, 0.2) is 5.16 Å². The number of benzene rings is 2. The molecule has 28 heavy (non-hydrogen) atoms. The molecule has 2 heterocycles. The highest BCUT2D eigenvalue weighted by molar-refractivity contribution is 8.00. The van der Waals surface area contributed by atoms with Crippen LogP contribution in [-0.4, -0.2) is 26.5 Å². The molecule has 142 valence electrons. The summed E-state index contributed by atoms with van der Waals surface area (Å²) >= 11 is 2.86. The van der Waals surface area contributed by atoms with E-state index in [4.69, 9.17) is 4.98 Å². The summed E-state index contributed by atoms with van der Waals surface area (Å²) in [5, 5.41) is 3.75. The van der Waals surface area contributed by atoms with E-state index >= 15 is 0 Å². The lowest BCUT2D eigenvalue weighted by molar-refractivity contribution is -0.113. The van der Waals surface area contributed by atoms with Crippen LogP contribution in [0.1, 0.15) is 12.6 Å². The summed E-state index contributed by atoms with van der Waals surface area (Å²) in [4.78, 5) is 31.0. The topological polar surface area (TPSA) is 64.0 Å². The SMILES string of the molecule is CC1Cc2nc(SCC(=O)Nc3ccccc3)n(-c3ccccc3)c(=O)c2S1. The van der Waals surface area contributed by atoms with Crippen molar-refractivity contribution < 1.29 is 4.79 Å². The average Bonchev–Trinajstić information content (AvgIpc) is 3.08. The fourth-order valence-corrected chi connectivity index (χ4v) is 4.98. The van der Waals surface area contributed by atoms with Gasteiger partial charge in [-0.2, -0.15) is 0 Å². The minimum atomic E-state index is -0.131. The van der Waals surface area contributed by atoms with Crippen molar-refractivity contribution in [2.45, 2.75) is 28.6 Å². The summed E-state index contributed by atoms with van der Waals surface area (Å²) in [7, 11) is 0. The molecule has 4 rings (SSSR count). The molecule has 0 saturated carbocycles. The number of aromatic nitrogens is 2. The number of thioether (sulfide) groups is 2. The molecule has 0 aliphatic carbocycles. The molecule has 1 amide bonds.